The molecule has 0 bridgehead atoms. The number of urea groups is 1. The zero-order valence-corrected chi connectivity index (χ0v) is 19.8. The minimum absolute atomic E-state index is 0.213. The predicted octanol–water partition coefficient (Wildman–Crippen LogP) is 5.90. The van der Waals surface area contributed by atoms with E-state index in [1.807, 2.05) is 36.4 Å². The summed E-state index contributed by atoms with van der Waals surface area (Å²) >= 11 is 12.2. The van der Waals surface area contributed by atoms with Crippen molar-refractivity contribution in [1.82, 2.24) is 10.6 Å². The van der Waals surface area contributed by atoms with Crippen LogP contribution in [-0.4, -0.2) is 18.6 Å². The van der Waals surface area contributed by atoms with Gasteiger partial charge in [0.15, 0.2) is 0 Å². The summed E-state index contributed by atoms with van der Waals surface area (Å²) in [6, 6.07) is 20.5. The molecule has 0 fully saturated rings. The highest BCUT2D eigenvalue weighted by Gasteiger charge is 2.34. The van der Waals surface area contributed by atoms with Gasteiger partial charge in [0.05, 0.1) is 23.9 Å². The fourth-order valence-electron chi connectivity index (χ4n) is 3.63. The lowest BCUT2D eigenvalue weighted by atomic mass is 9.92. The molecule has 0 saturated carbocycles. The van der Waals surface area contributed by atoms with Gasteiger partial charge in [0.25, 0.3) is 0 Å². The molecule has 0 unspecified atom stereocenters. The van der Waals surface area contributed by atoms with Gasteiger partial charge in [-0.05, 0) is 42.3 Å². The lowest BCUT2D eigenvalue weighted by Crippen LogP contribution is -2.45. The molecule has 1 atom stereocenters. The summed E-state index contributed by atoms with van der Waals surface area (Å²) in [4.78, 5) is 25.4. The number of rotatable bonds is 7. The van der Waals surface area contributed by atoms with Crippen molar-refractivity contribution in [2.45, 2.75) is 19.6 Å². The van der Waals surface area contributed by atoms with Crippen molar-refractivity contribution >= 4 is 40.9 Å². The van der Waals surface area contributed by atoms with Gasteiger partial charge in [0, 0.05) is 15.6 Å². The lowest BCUT2D eigenvalue weighted by Gasteiger charge is -2.29. The highest BCUT2D eigenvalue weighted by atomic mass is 35.5. The van der Waals surface area contributed by atoms with Gasteiger partial charge in [-0.25, -0.2) is 9.59 Å². The van der Waals surface area contributed by atoms with Gasteiger partial charge in [0.1, 0.15) is 12.4 Å². The minimum atomic E-state index is -0.692. The van der Waals surface area contributed by atoms with Crippen LogP contribution in [0.4, 0.5) is 4.79 Å². The van der Waals surface area contributed by atoms with E-state index >= 15 is 0 Å². The first-order valence-electron chi connectivity index (χ1n) is 10.7. The normalized spacial score (nSPS) is 15.4. The molecule has 3 aromatic rings. The molecule has 2 amide bonds. The largest absolute Gasteiger partial charge is 0.489 e. The number of hydrogen-bond acceptors (Lipinski definition) is 4. The Kier molecular flexibility index (Phi) is 7.40. The number of benzene rings is 3. The van der Waals surface area contributed by atoms with E-state index in [1.165, 1.54) is 0 Å². The molecule has 0 saturated heterocycles. The molecule has 6 nitrogen and oxygen atoms in total. The Morgan fingerprint density at radius 2 is 1.74 bits per heavy atom. The van der Waals surface area contributed by atoms with Crippen LogP contribution in [0.1, 0.15) is 29.7 Å². The monoisotopic (exact) mass is 496 g/mol. The molecule has 0 aliphatic carbocycles. The summed E-state index contributed by atoms with van der Waals surface area (Å²) in [5.74, 6) is 0.108. The van der Waals surface area contributed by atoms with Crippen molar-refractivity contribution in [3.8, 4) is 5.75 Å². The molecular formula is C26H22Cl2N2O4. The Labute approximate surface area is 207 Å². The first kappa shape index (κ1) is 23.7. The van der Waals surface area contributed by atoms with E-state index in [-0.39, 0.29) is 13.2 Å². The molecule has 1 aliphatic rings. The average molecular weight is 497 g/mol. The van der Waals surface area contributed by atoms with Crippen molar-refractivity contribution in [3.05, 3.63) is 105 Å². The van der Waals surface area contributed by atoms with Crippen LogP contribution in [-0.2, 0) is 16.1 Å². The molecular weight excluding hydrogens is 475 g/mol. The van der Waals surface area contributed by atoms with Crippen LogP contribution in [0.5, 0.6) is 5.75 Å². The Hall–Kier alpha value is -3.48. The number of amides is 2. The first-order chi connectivity index (χ1) is 16.5. The van der Waals surface area contributed by atoms with Crippen LogP contribution in [0.3, 0.4) is 0 Å². The number of carbonyl (C=O) groups is 2. The molecule has 174 valence electrons. The smallest absolute Gasteiger partial charge is 0.338 e. The van der Waals surface area contributed by atoms with Crippen LogP contribution in [0.2, 0.25) is 10.0 Å². The predicted molar refractivity (Wildman–Crippen MR) is 132 cm³/mol. The quantitative estimate of drug-likeness (QED) is 0.399. The van der Waals surface area contributed by atoms with E-state index in [0.717, 1.165) is 5.56 Å². The molecule has 2 N–H and O–H groups in total. The zero-order valence-electron chi connectivity index (χ0n) is 18.3. The molecule has 34 heavy (non-hydrogen) atoms. The Morgan fingerprint density at radius 1 is 1.00 bits per heavy atom. The van der Waals surface area contributed by atoms with Crippen LogP contribution in [0, 0.1) is 0 Å². The van der Waals surface area contributed by atoms with E-state index in [9.17, 15) is 9.59 Å². The topological polar surface area (TPSA) is 76.7 Å². The van der Waals surface area contributed by atoms with Gasteiger partial charge in [-0.1, -0.05) is 71.7 Å². The Balaban J connectivity index is 1.62. The molecule has 0 radical (unpaired) electrons. The van der Waals surface area contributed by atoms with Gasteiger partial charge in [0.2, 0.25) is 0 Å². The van der Waals surface area contributed by atoms with Crippen molar-refractivity contribution < 1.29 is 19.1 Å². The number of ether oxygens (including phenoxy) is 2. The molecule has 0 spiro atoms. The standard InChI is InChI=1S/C26H22Cl2N2O4/c1-2-33-25(31)22-23(16-6-4-3-5-7-16)29-26(32)30-24(22)17-9-12-20(13-10-17)34-15-18-8-11-19(27)14-21(18)28/h3-14,24H,2,15H2,1H3,(H2,29,30,32)/t24-/m1/s1. The summed E-state index contributed by atoms with van der Waals surface area (Å²) in [7, 11) is 0. The van der Waals surface area contributed by atoms with Crippen LogP contribution in [0.25, 0.3) is 5.70 Å². The summed E-state index contributed by atoms with van der Waals surface area (Å²) in [6.07, 6.45) is 0. The highest BCUT2D eigenvalue weighted by molar-refractivity contribution is 6.35. The highest BCUT2D eigenvalue weighted by Crippen LogP contribution is 2.33. The van der Waals surface area contributed by atoms with E-state index in [1.54, 1.807) is 43.3 Å². The van der Waals surface area contributed by atoms with E-state index < -0.39 is 18.0 Å². The number of hydrogen-bond donors (Lipinski definition) is 2. The molecule has 1 heterocycles. The second-order valence-corrected chi connectivity index (χ2v) is 8.34. The van der Waals surface area contributed by atoms with Gasteiger partial charge in [-0.2, -0.15) is 0 Å². The Morgan fingerprint density at radius 3 is 2.41 bits per heavy atom. The fourth-order valence-corrected chi connectivity index (χ4v) is 4.10. The summed E-state index contributed by atoms with van der Waals surface area (Å²) in [6.45, 7) is 2.22. The molecule has 3 aromatic carbocycles. The fraction of sp³-hybridized carbons (Fsp3) is 0.154. The van der Waals surface area contributed by atoms with Crippen LogP contribution in [0.15, 0.2) is 78.4 Å². The lowest BCUT2D eigenvalue weighted by molar-refractivity contribution is -0.138. The number of nitrogens with one attached hydrogen (secondary N) is 2. The maximum Gasteiger partial charge on any atom is 0.338 e. The third kappa shape index (κ3) is 5.35. The number of halogens is 2. The van der Waals surface area contributed by atoms with Crippen molar-refractivity contribution in [2.75, 3.05) is 6.61 Å². The van der Waals surface area contributed by atoms with Crippen molar-refractivity contribution in [3.63, 3.8) is 0 Å². The van der Waals surface area contributed by atoms with Crippen LogP contribution >= 0.6 is 23.2 Å². The minimum Gasteiger partial charge on any atom is -0.489 e. The maximum atomic E-state index is 12.9. The molecule has 8 heteroatoms. The van der Waals surface area contributed by atoms with E-state index in [2.05, 4.69) is 10.6 Å². The van der Waals surface area contributed by atoms with Gasteiger partial charge in [-0.15, -0.1) is 0 Å². The van der Waals surface area contributed by atoms with Gasteiger partial charge < -0.3 is 20.1 Å². The summed E-state index contributed by atoms with van der Waals surface area (Å²) in [5, 5.41) is 6.68. The van der Waals surface area contributed by atoms with Crippen molar-refractivity contribution in [2.24, 2.45) is 0 Å². The maximum absolute atomic E-state index is 12.9. The summed E-state index contributed by atoms with van der Waals surface area (Å²) in [5.41, 5.74) is 2.98. The third-order valence-electron chi connectivity index (χ3n) is 5.25. The van der Waals surface area contributed by atoms with E-state index in [4.69, 9.17) is 32.7 Å². The SMILES string of the molecule is CCOC(=O)C1=C(c2ccccc2)NC(=O)N[C@@H]1c1ccc(OCc2ccc(Cl)cc2Cl)cc1. The van der Waals surface area contributed by atoms with Gasteiger partial charge >= 0.3 is 12.0 Å². The molecule has 0 aromatic heterocycles. The number of esters is 1. The van der Waals surface area contributed by atoms with E-state index in [0.29, 0.717) is 38.2 Å². The second kappa shape index (κ2) is 10.6. The summed E-state index contributed by atoms with van der Waals surface area (Å²) < 4.78 is 11.2. The molecule has 1 aliphatic heterocycles. The Bertz CT molecular complexity index is 1230. The number of carbonyl (C=O) groups excluding carboxylic acids is 2. The first-order valence-corrected chi connectivity index (χ1v) is 11.4. The third-order valence-corrected chi connectivity index (χ3v) is 5.84. The van der Waals surface area contributed by atoms with Crippen molar-refractivity contribution in [1.29, 1.82) is 0 Å². The molecule has 4 rings (SSSR count). The average Bonchev–Trinajstić information content (AvgIpc) is 2.84. The van der Waals surface area contributed by atoms with Gasteiger partial charge in [-0.3, -0.25) is 0 Å². The van der Waals surface area contributed by atoms with Crippen LogP contribution < -0.4 is 15.4 Å². The zero-order chi connectivity index (χ0) is 24.1. The second-order valence-electron chi connectivity index (χ2n) is 7.50.